The number of carboxylic acid groups (broad SMARTS) is 1. The molecule has 0 amide bonds. The van der Waals surface area contributed by atoms with E-state index >= 15 is 0 Å². The number of hydrogen-bond acceptors (Lipinski definition) is 4. The molecule has 1 saturated heterocycles. The molecule has 5 rings (SSSR count). The van der Waals surface area contributed by atoms with Gasteiger partial charge in [0.1, 0.15) is 6.54 Å². The zero-order valence-corrected chi connectivity index (χ0v) is 23.7. The molecule has 0 spiro atoms. The number of alkyl halides is 3. The summed E-state index contributed by atoms with van der Waals surface area (Å²) >= 11 is 12.3. The lowest BCUT2D eigenvalue weighted by Crippen LogP contribution is -2.44. The molecule has 1 aliphatic heterocycles. The summed E-state index contributed by atoms with van der Waals surface area (Å²) in [6.45, 7) is -1.05. The van der Waals surface area contributed by atoms with Crippen LogP contribution in [-0.4, -0.2) is 52.2 Å². The first-order valence-electron chi connectivity index (χ1n) is 12.6. The Balaban J connectivity index is 1.58. The third-order valence-electron chi connectivity index (χ3n) is 7.30. The van der Waals surface area contributed by atoms with Crippen LogP contribution in [0.1, 0.15) is 47.1 Å². The van der Waals surface area contributed by atoms with Crippen LogP contribution in [0.25, 0.3) is 10.9 Å². The molecule has 1 N–H and O–H groups in total. The number of fused-ring (bicyclic) bond motifs is 1. The highest BCUT2D eigenvalue weighted by Gasteiger charge is 2.50. The smallest absolute Gasteiger partial charge is 0.480 e. The fourth-order valence-electron chi connectivity index (χ4n) is 5.36. The van der Waals surface area contributed by atoms with Gasteiger partial charge in [-0.2, -0.15) is 22.6 Å². The van der Waals surface area contributed by atoms with Gasteiger partial charge in [-0.05, 0) is 65.9 Å². The lowest BCUT2D eigenvalue weighted by atomic mass is 9.84. The van der Waals surface area contributed by atoms with Gasteiger partial charge >= 0.3 is 21.5 Å². The quantitative estimate of drug-likeness (QED) is 0.233. The van der Waals surface area contributed by atoms with E-state index in [-0.39, 0.29) is 37.8 Å². The topological polar surface area (TPSA) is 92.5 Å². The van der Waals surface area contributed by atoms with Gasteiger partial charge in [0.2, 0.25) is 0 Å². The molecule has 7 nitrogen and oxygen atoms in total. The van der Waals surface area contributed by atoms with E-state index < -0.39 is 28.0 Å². The molecule has 1 aromatic heterocycles. The van der Waals surface area contributed by atoms with E-state index in [9.17, 15) is 31.5 Å². The first-order valence-corrected chi connectivity index (χ1v) is 14.8. The number of sulfonamides is 1. The zero-order valence-electron chi connectivity index (χ0n) is 21.4. The van der Waals surface area contributed by atoms with E-state index in [2.05, 4.69) is 5.10 Å². The van der Waals surface area contributed by atoms with Crippen LogP contribution in [0, 0.1) is 0 Å². The van der Waals surface area contributed by atoms with Gasteiger partial charge in [0.25, 0.3) is 0 Å². The van der Waals surface area contributed by atoms with E-state index in [0.29, 0.717) is 30.9 Å². The predicted molar refractivity (Wildman–Crippen MR) is 150 cm³/mol. The number of carbonyl (C=O) groups is 1. The second kappa shape index (κ2) is 11.3. The second-order valence-electron chi connectivity index (χ2n) is 9.87. The number of aliphatic carboxylic acids is 1. The molecule has 1 aliphatic rings. The number of halogens is 5. The van der Waals surface area contributed by atoms with Gasteiger partial charge in [-0.25, -0.2) is 8.42 Å². The van der Waals surface area contributed by atoms with E-state index in [1.807, 2.05) is 36.4 Å². The number of nitrogens with zero attached hydrogens (tertiary/aromatic N) is 3. The van der Waals surface area contributed by atoms with Crippen LogP contribution >= 0.6 is 23.2 Å². The fraction of sp³-hybridized carbons (Fsp3) is 0.286. The molecule has 3 aromatic carbocycles. The van der Waals surface area contributed by atoms with Gasteiger partial charge in [0.05, 0.1) is 11.2 Å². The Bertz CT molecular complexity index is 1640. The van der Waals surface area contributed by atoms with Crippen LogP contribution in [0.5, 0.6) is 0 Å². The highest BCUT2D eigenvalue weighted by molar-refractivity contribution is 7.90. The maximum Gasteiger partial charge on any atom is 0.511 e. The molecule has 0 bridgehead atoms. The van der Waals surface area contributed by atoms with Crippen molar-refractivity contribution in [1.82, 2.24) is 14.1 Å². The lowest BCUT2D eigenvalue weighted by Gasteiger charge is -2.31. The summed E-state index contributed by atoms with van der Waals surface area (Å²) in [6, 6.07) is 20.4. The van der Waals surface area contributed by atoms with Crippen LogP contribution in [0.3, 0.4) is 0 Å². The van der Waals surface area contributed by atoms with Crippen molar-refractivity contribution in [3.63, 3.8) is 0 Å². The molecule has 0 aliphatic carbocycles. The molecule has 0 unspecified atom stereocenters. The van der Waals surface area contributed by atoms with Gasteiger partial charge in [0.15, 0.2) is 0 Å². The minimum Gasteiger partial charge on any atom is -0.480 e. The maximum absolute atomic E-state index is 13.1. The van der Waals surface area contributed by atoms with Crippen LogP contribution in [0.4, 0.5) is 13.2 Å². The molecular weight excluding hydrogens is 602 g/mol. The van der Waals surface area contributed by atoms with Crippen LogP contribution in [0.2, 0.25) is 10.0 Å². The second-order valence-corrected chi connectivity index (χ2v) is 12.7. The number of benzene rings is 3. The Hall–Kier alpha value is -3.12. The summed E-state index contributed by atoms with van der Waals surface area (Å²) in [7, 11) is -5.43. The van der Waals surface area contributed by atoms with E-state index in [1.54, 1.807) is 30.3 Å². The third kappa shape index (κ3) is 5.94. The molecule has 0 saturated carbocycles. The molecule has 216 valence electrons. The number of piperidine rings is 1. The van der Waals surface area contributed by atoms with E-state index in [1.165, 1.54) is 4.68 Å². The van der Waals surface area contributed by atoms with Gasteiger partial charge in [-0.1, -0.05) is 53.5 Å². The van der Waals surface area contributed by atoms with Crippen molar-refractivity contribution in [3.8, 4) is 0 Å². The first kappa shape index (κ1) is 29.4. The molecule has 2 heterocycles. The molecule has 0 atom stereocenters. The van der Waals surface area contributed by atoms with Crippen molar-refractivity contribution < 1.29 is 31.5 Å². The SMILES string of the molecule is O=C(O)Cn1nc(C2CCN(S(=O)(=O)C(F)(F)F)CC2)c2cc(C(c3ccc(Cl)cc3)c3ccc(Cl)cc3)ccc21. The maximum atomic E-state index is 13.1. The van der Waals surface area contributed by atoms with Crippen molar-refractivity contribution in [2.75, 3.05) is 13.1 Å². The highest BCUT2D eigenvalue weighted by atomic mass is 35.5. The third-order valence-corrected chi connectivity index (χ3v) is 9.44. The Morgan fingerprint density at radius 3 is 1.93 bits per heavy atom. The minimum atomic E-state index is -5.43. The molecule has 4 aromatic rings. The Kier molecular flexibility index (Phi) is 8.08. The van der Waals surface area contributed by atoms with Crippen molar-refractivity contribution >= 4 is 50.1 Å². The summed E-state index contributed by atoms with van der Waals surface area (Å²) < 4.78 is 64.9. The van der Waals surface area contributed by atoms with Crippen LogP contribution < -0.4 is 0 Å². The average molecular weight is 626 g/mol. The summed E-state index contributed by atoms with van der Waals surface area (Å²) in [5.41, 5.74) is -1.53. The van der Waals surface area contributed by atoms with Crippen molar-refractivity contribution in [3.05, 3.63) is 99.2 Å². The Morgan fingerprint density at radius 2 is 1.44 bits per heavy atom. The van der Waals surface area contributed by atoms with E-state index in [4.69, 9.17) is 23.2 Å². The molecule has 1 fully saturated rings. The van der Waals surface area contributed by atoms with E-state index in [0.717, 1.165) is 16.7 Å². The largest absolute Gasteiger partial charge is 0.511 e. The zero-order chi connectivity index (χ0) is 29.5. The van der Waals surface area contributed by atoms with Gasteiger partial charge < -0.3 is 5.11 Å². The normalized spacial score (nSPS) is 15.6. The summed E-state index contributed by atoms with van der Waals surface area (Å²) in [5.74, 6) is -1.72. The Labute approximate surface area is 244 Å². The van der Waals surface area contributed by atoms with Crippen molar-refractivity contribution in [2.24, 2.45) is 0 Å². The van der Waals surface area contributed by atoms with Crippen molar-refractivity contribution in [1.29, 1.82) is 0 Å². The molecule has 0 radical (unpaired) electrons. The average Bonchev–Trinajstić information content (AvgIpc) is 3.27. The summed E-state index contributed by atoms with van der Waals surface area (Å²) in [5, 5.41) is 15.9. The number of carboxylic acids is 1. The van der Waals surface area contributed by atoms with Gasteiger partial charge in [-0.15, -0.1) is 0 Å². The monoisotopic (exact) mass is 625 g/mol. The minimum absolute atomic E-state index is 0.108. The number of rotatable bonds is 7. The van der Waals surface area contributed by atoms with Crippen LogP contribution in [0.15, 0.2) is 66.7 Å². The lowest BCUT2D eigenvalue weighted by molar-refractivity contribution is -0.137. The van der Waals surface area contributed by atoms with Crippen molar-refractivity contribution in [2.45, 2.75) is 36.7 Å². The Morgan fingerprint density at radius 1 is 0.927 bits per heavy atom. The summed E-state index contributed by atoms with van der Waals surface area (Å²) in [6.07, 6.45) is 0.215. The molecule has 41 heavy (non-hydrogen) atoms. The first-order chi connectivity index (χ1) is 19.3. The standard InChI is InChI=1S/C28H24Cl2F3N3O4S/c29-21-6-1-17(2-7-21)26(18-3-8-22(30)9-4-18)20-5-10-24-23(15-20)27(34-36(24)16-25(37)38)19-11-13-35(14-12-19)41(39,40)28(31,32)33/h1-10,15,19,26H,11-14,16H2,(H,37,38). The molecular formula is C28H24Cl2F3N3O4S. The van der Waals surface area contributed by atoms with Crippen LogP contribution in [-0.2, 0) is 21.4 Å². The van der Waals surface area contributed by atoms with Gasteiger partial charge in [-0.3, -0.25) is 9.48 Å². The molecule has 13 heteroatoms. The highest BCUT2D eigenvalue weighted by Crippen LogP contribution is 2.39. The summed E-state index contributed by atoms with van der Waals surface area (Å²) in [4.78, 5) is 11.6. The predicted octanol–water partition coefficient (Wildman–Crippen LogP) is 6.64. The number of hydrogen-bond donors (Lipinski definition) is 1. The van der Waals surface area contributed by atoms with Gasteiger partial charge in [0, 0.05) is 40.4 Å². The number of aromatic nitrogens is 2. The fourth-order valence-corrected chi connectivity index (χ4v) is 6.59.